The Kier molecular flexibility index (Phi) is 6.28. The maximum atomic E-state index is 13.4. The zero-order chi connectivity index (χ0) is 13.8. The Morgan fingerprint density at radius 3 is 2.50 bits per heavy atom. The fraction of sp³-hybridized carbons (Fsp3) is 0.538. The molecule has 0 bridgehead atoms. The van der Waals surface area contributed by atoms with E-state index in [2.05, 4.69) is 42.4 Å². The zero-order valence-electron chi connectivity index (χ0n) is 10.5. The zero-order valence-corrected chi connectivity index (χ0v) is 13.7. The van der Waals surface area contributed by atoms with E-state index in [1.165, 1.54) is 12.1 Å². The van der Waals surface area contributed by atoms with Gasteiger partial charge in [-0.05, 0) is 40.6 Å². The third-order valence-corrected chi connectivity index (χ3v) is 4.92. The van der Waals surface area contributed by atoms with Gasteiger partial charge in [0.05, 0.1) is 16.1 Å². The average Bonchev–Trinajstić information content (AvgIpc) is 2.37. The summed E-state index contributed by atoms with van der Waals surface area (Å²) in [6.45, 7) is 4.70. The minimum absolute atomic E-state index is 0.00991. The molecule has 102 valence electrons. The minimum Gasteiger partial charge on any atom is -0.491 e. The summed E-state index contributed by atoms with van der Waals surface area (Å²) in [5.74, 6) is 0.737. The third kappa shape index (κ3) is 3.78. The van der Waals surface area contributed by atoms with Gasteiger partial charge < -0.3 is 4.74 Å². The molecule has 1 aromatic rings. The number of hydrogen-bond acceptors (Lipinski definition) is 2. The first-order chi connectivity index (χ1) is 8.48. The number of rotatable bonds is 6. The van der Waals surface area contributed by atoms with Crippen LogP contribution in [0.4, 0.5) is 4.39 Å². The molecule has 1 aromatic carbocycles. The summed E-state index contributed by atoms with van der Waals surface area (Å²) in [7, 11) is 0. The van der Waals surface area contributed by atoms with E-state index >= 15 is 0 Å². The van der Waals surface area contributed by atoms with Gasteiger partial charge in [0.1, 0.15) is 11.6 Å². The van der Waals surface area contributed by atoms with Gasteiger partial charge in [0.2, 0.25) is 0 Å². The lowest BCUT2D eigenvalue weighted by Crippen LogP contribution is -2.29. The normalized spacial score (nSPS) is 11.7. The fourth-order valence-corrected chi connectivity index (χ4v) is 2.80. The molecule has 0 aromatic heterocycles. The van der Waals surface area contributed by atoms with Crippen molar-refractivity contribution in [1.82, 2.24) is 0 Å². The maximum Gasteiger partial charge on any atom is 0.141 e. The van der Waals surface area contributed by atoms with Crippen LogP contribution in [0.5, 0.6) is 5.75 Å². The van der Waals surface area contributed by atoms with Gasteiger partial charge in [-0.1, -0.05) is 25.4 Å². The molecule has 0 saturated heterocycles. The Balaban J connectivity index is 2.83. The van der Waals surface area contributed by atoms with Crippen molar-refractivity contribution in [3.05, 3.63) is 27.4 Å². The van der Waals surface area contributed by atoms with E-state index in [1.807, 2.05) is 0 Å². The lowest BCUT2D eigenvalue weighted by atomic mass is 9.85. The first-order valence-corrected chi connectivity index (χ1v) is 7.66. The van der Waals surface area contributed by atoms with E-state index < -0.39 is 0 Å². The minimum atomic E-state index is -0.376. The molecule has 0 aliphatic heterocycles. The Morgan fingerprint density at radius 1 is 1.39 bits per heavy atom. The van der Waals surface area contributed by atoms with Crippen molar-refractivity contribution in [1.29, 1.82) is 0 Å². The van der Waals surface area contributed by atoms with Crippen molar-refractivity contribution >= 4 is 40.2 Å². The summed E-state index contributed by atoms with van der Waals surface area (Å²) in [6.07, 6.45) is 1.92. The van der Waals surface area contributed by atoms with Gasteiger partial charge in [-0.2, -0.15) is 12.6 Å². The monoisotopic (exact) mass is 354 g/mol. The van der Waals surface area contributed by atoms with Gasteiger partial charge in [0.15, 0.2) is 0 Å². The molecule has 1 rings (SSSR count). The molecule has 0 amide bonds. The molecular formula is C13H17BrClFOS. The Bertz CT molecular complexity index is 402. The molecule has 18 heavy (non-hydrogen) atoms. The number of benzene rings is 1. The molecule has 0 atom stereocenters. The van der Waals surface area contributed by atoms with Crippen LogP contribution in [0, 0.1) is 11.2 Å². The van der Waals surface area contributed by atoms with Gasteiger partial charge in [-0.25, -0.2) is 4.39 Å². The van der Waals surface area contributed by atoms with Crippen LogP contribution in [-0.4, -0.2) is 12.4 Å². The molecular weight excluding hydrogens is 339 g/mol. The number of ether oxygens (including phenoxy) is 1. The fourth-order valence-electron chi connectivity index (χ4n) is 1.57. The van der Waals surface area contributed by atoms with E-state index in [9.17, 15) is 4.39 Å². The predicted molar refractivity (Wildman–Crippen MR) is 81.5 cm³/mol. The van der Waals surface area contributed by atoms with Crippen LogP contribution < -0.4 is 4.74 Å². The van der Waals surface area contributed by atoms with Crippen LogP contribution in [0.2, 0.25) is 5.02 Å². The van der Waals surface area contributed by atoms with Gasteiger partial charge in [-0.3, -0.25) is 0 Å². The van der Waals surface area contributed by atoms with E-state index in [0.717, 1.165) is 18.6 Å². The summed E-state index contributed by atoms with van der Waals surface area (Å²) in [5.41, 5.74) is 0.00991. The van der Waals surface area contributed by atoms with Crippen LogP contribution >= 0.6 is 40.2 Å². The molecule has 0 fully saturated rings. The number of thiol groups is 1. The van der Waals surface area contributed by atoms with Crippen molar-refractivity contribution in [2.24, 2.45) is 5.41 Å². The van der Waals surface area contributed by atoms with Gasteiger partial charge in [0, 0.05) is 11.5 Å². The Morgan fingerprint density at radius 2 is 2.00 bits per heavy atom. The number of halogens is 3. The van der Waals surface area contributed by atoms with Crippen molar-refractivity contribution in [2.45, 2.75) is 26.7 Å². The second-order valence-corrected chi connectivity index (χ2v) is 5.93. The standard InChI is InChI=1S/C13H17BrClFOS/c1-3-13(4-2,8-18)7-17-12-6-11(16)9(14)5-10(12)15/h5-6,18H,3-4,7-8H2,1-2H3. The van der Waals surface area contributed by atoms with E-state index in [4.69, 9.17) is 16.3 Å². The highest BCUT2D eigenvalue weighted by atomic mass is 79.9. The molecule has 0 heterocycles. The van der Waals surface area contributed by atoms with Crippen LogP contribution in [-0.2, 0) is 0 Å². The largest absolute Gasteiger partial charge is 0.491 e. The van der Waals surface area contributed by atoms with Crippen molar-refractivity contribution in [3.8, 4) is 5.75 Å². The third-order valence-electron chi connectivity index (χ3n) is 3.34. The lowest BCUT2D eigenvalue weighted by molar-refractivity contribution is 0.156. The summed E-state index contributed by atoms with van der Waals surface area (Å²) in [4.78, 5) is 0. The van der Waals surface area contributed by atoms with Gasteiger partial charge >= 0.3 is 0 Å². The molecule has 0 spiro atoms. The second-order valence-electron chi connectivity index (χ2n) is 4.35. The smallest absolute Gasteiger partial charge is 0.141 e. The maximum absolute atomic E-state index is 13.4. The first-order valence-electron chi connectivity index (χ1n) is 5.86. The first kappa shape index (κ1) is 16.1. The molecule has 0 radical (unpaired) electrons. The molecule has 0 N–H and O–H groups in total. The highest BCUT2D eigenvalue weighted by Crippen LogP contribution is 2.33. The SMILES string of the molecule is CCC(CC)(CS)COc1cc(F)c(Br)cc1Cl. The summed E-state index contributed by atoms with van der Waals surface area (Å²) >= 11 is 13.5. The van der Waals surface area contributed by atoms with E-state index in [0.29, 0.717) is 21.9 Å². The van der Waals surface area contributed by atoms with Crippen molar-refractivity contribution < 1.29 is 9.13 Å². The molecule has 1 nitrogen and oxygen atoms in total. The number of hydrogen-bond donors (Lipinski definition) is 1. The van der Waals surface area contributed by atoms with Gasteiger partial charge in [0.25, 0.3) is 0 Å². The van der Waals surface area contributed by atoms with Crippen LogP contribution in [0.15, 0.2) is 16.6 Å². The summed E-state index contributed by atoms with van der Waals surface area (Å²) < 4.78 is 19.4. The molecule has 5 heteroatoms. The quantitative estimate of drug-likeness (QED) is 0.534. The Hall–Kier alpha value is 0.0700. The second kappa shape index (κ2) is 7.01. The van der Waals surface area contributed by atoms with E-state index in [-0.39, 0.29) is 11.2 Å². The molecule has 0 aliphatic rings. The highest BCUT2D eigenvalue weighted by molar-refractivity contribution is 9.10. The summed E-state index contributed by atoms with van der Waals surface area (Å²) in [5, 5.41) is 0.406. The van der Waals surface area contributed by atoms with E-state index in [1.54, 1.807) is 0 Å². The van der Waals surface area contributed by atoms with Crippen LogP contribution in [0.3, 0.4) is 0 Å². The molecule has 0 saturated carbocycles. The predicted octanol–water partition coefficient (Wildman–Crippen LogP) is 5.36. The van der Waals surface area contributed by atoms with Crippen LogP contribution in [0.25, 0.3) is 0 Å². The van der Waals surface area contributed by atoms with Crippen LogP contribution in [0.1, 0.15) is 26.7 Å². The highest BCUT2D eigenvalue weighted by Gasteiger charge is 2.26. The summed E-state index contributed by atoms with van der Waals surface area (Å²) in [6, 6.07) is 2.81. The lowest BCUT2D eigenvalue weighted by Gasteiger charge is -2.29. The topological polar surface area (TPSA) is 9.23 Å². The van der Waals surface area contributed by atoms with Crippen molar-refractivity contribution in [3.63, 3.8) is 0 Å². The van der Waals surface area contributed by atoms with Gasteiger partial charge in [-0.15, -0.1) is 0 Å². The molecule has 0 aliphatic carbocycles. The molecule has 0 unspecified atom stereocenters. The average molecular weight is 356 g/mol. The van der Waals surface area contributed by atoms with Crippen molar-refractivity contribution in [2.75, 3.05) is 12.4 Å². The Labute approximate surface area is 127 Å².